The van der Waals surface area contributed by atoms with Gasteiger partial charge in [0.1, 0.15) is 11.5 Å². The molecule has 1 N–H and O–H groups in total. The monoisotopic (exact) mass is 291 g/mol. The Morgan fingerprint density at radius 2 is 1.95 bits per heavy atom. The Kier molecular flexibility index (Phi) is 5.10. The highest BCUT2D eigenvalue weighted by Crippen LogP contribution is 2.37. The minimum absolute atomic E-state index is 0.168. The molecule has 1 aliphatic carbocycles. The minimum Gasteiger partial charge on any atom is -0.497 e. The summed E-state index contributed by atoms with van der Waals surface area (Å²) in [5.74, 6) is 1.82. The lowest BCUT2D eigenvalue weighted by molar-refractivity contribution is -0.129. The number of nitrogens with one attached hydrogen (secondary N) is 1. The topological polar surface area (TPSA) is 47.6 Å². The van der Waals surface area contributed by atoms with Gasteiger partial charge in [-0.1, -0.05) is 19.8 Å². The van der Waals surface area contributed by atoms with Crippen LogP contribution in [0, 0.1) is 5.41 Å². The van der Waals surface area contributed by atoms with Crippen LogP contribution in [0.25, 0.3) is 0 Å². The second-order valence-corrected chi connectivity index (χ2v) is 5.95. The van der Waals surface area contributed by atoms with Gasteiger partial charge in [-0.3, -0.25) is 4.79 Å². The summed E-state index contributed by atoms with van der Waals surface area (Å²) in [7, 11) is 3.30. The molecule has 0 atom stereocenters. The van der Waals surface area contributed by atoms with Crippen LogP contribution in [0.15, 0.2) is 18.2 Å². The van der Waals surface area contributed by atoms with Crippen LogP contribution in [0.5, 0.6) is 11.5 Å². The van der Waals surface area contributed by atoms with Gasteiger partial charge in [-0.2, -0.15) is 0 Å². The number of hydrogen-bond acceptors (Lipinski definition) is 3. The molecule has 0 spiro atoms. The van der Waals surface area contributed by atoms with Crippen molar-refractivity contribution >= 4 is 5.91 Å². The molecule has 2 rings (SSSR count). The highest BCUT2D eigenvalue weighted by atomic mass is 16.5. The summed E-state index contributed by atoms with van der Waals surface area (Å²) in [6, 6.07) is 5.73. The zero-order valence-electron chi connectivity index (χ0n) is 13.2. The summed E-state index contributed by atoms with van der Waals surface area (Å²) in [6.45, 7) is 2.69. The first-order valence-corrected chi connectivity index (χ1v) is 7.58. The fraction of sp³-hybridized carbons (Fsp3) is 0.588. The Labute approximate surface area is 126 Å². The first-order chi connectivity index (χ1) is 10.1. The summed E-state index contributed by atoms with van der Waals surface area (Å²) in [5, 5.41) is 3.07. The highest BCUT2D eigenvalue weighted by molar-refractivity contribution is 5.82. The molecular weight excluding hydrogens is 266 g/mol. The molecule has 1 aromatic carbocycles. The maximum absolute atomic E-state index is 12.3. The zero-order valence-corrected chi connectivity index (χ0v) is 13.2. The molecule has 0 aliphatic heterocycles. The third kappa shape index (κ3) is 3.69. The predicted octanol–water partition coefficient (Wildman–Crippen LogP) is 2.94. The lowest BCUT2D eigenvalue weighted by Gasteiger charge is -2.22. The van der Waals surface area contributed by atoms with E-state index in [1.54, 1.807) is 14.2 Å². The molecule has 0 saturated heterocycles. The van der Waals surface area contributed by atoms with Gasteiger partial charge in [0.25, 0.3) is 0 Å². The lowest BCUT2D eigenvalue weighted by atomic mass is 9.88. The van der Waals surface area contributed by atoms with Gasteiger partial charge >= 0.3 is 0 Å². The number of methoxy groups -OCH3 is 2. The molecule has 116 valence electrons. The summed E-state index contributed by atoms with van der Waals surface area (Å²) >= 11 is 0. The van der Waals surface area contributed by atoms with E-state index in [1.807, 2.05) is 18.2 Å². The number of ether oxygens (including phenoxy) is 2. The largest absolute Gasteiger partial charge is 0.497 e. The maximum atomic E-state index is 12.3. The van der Waals surface area contributed by atoms with E-state index in [9.17, 15) is 4.79 Å². The van der Waals surface area contributed by atoms with E-state index in [0.717, 1.165) is 49.2 Å². The normalized spacial score (nSPS) is 16.5. The number of hydrogen-bond donors (Lipinski definition) is 1. The molecule has 21 heavy (non-hydrogen) atoms. The van der Waals surface area contributed by atoms with Crippen LogP contribution in [0.3, 0.4) is 0 Å². The Balaban J connectivity index is 1.92. The number of carbonyl (C=O) groups is 1. The molecule has 1 saturated carbocycles. The van der Waals surface area contributed by atoms with Crippen molar-refractivity contribution in [2.45, 2.75) is 39.0 Å². The van der Waals surface area contributed by atoms with Crippen molar-refractivity contribution in [2.24, 2.45) is 5.41 Å². The molecule has 0 radical (unpaired) electrons. The van der Waals surface area contributed by atoms with Crippen LogP contribution in [0.2, 0.25) is 0 Å². The van der Waals surface area contributed by atoms with Crippen LogP contribution in [0.1, 0.15) is 38.2 Å². The van der Waals surface area contributed by atoms with Gasteiger partial charge in [0, 0.05) is 12.0 Å². The Morgan fingerprint density at radius 3 is 2.57 bits per heavy atom. The first kappa shape index (κ1) is 15.7. The lowest BCUT2D eigenvalue weighted by Crippen LogP contribution is -2.38. The number of benzene rings is 1. The second-order valence-electron chi connectivity index (χ2n) is 5.95. The van der Waals surface area contributed by atoms with Crippen molar-refractivity contribution in [3.05, 3.63) is 23.8 Å². The summed E-state index contributed by atoms with van der Waals surface area (Å²) in [6.07, 6.45) is 5.06. The SMILES string of the molecule is COc1ccc(OC)c(CCNC(=O)C2(C)CCCC2)c1. The van der Waals surface area contributed by atoms with E-state index in [2.05, 4.69) is 12.2 Å². The van der Waals surface area contributed by atoms with Crippen LogP contribution in [-0.2, 0) is 11.2 Å². The third-order valence-electron chi connectivity index (χ3n) is 4.42. The van der Waals surface area contributed by atoms with E-state index >= 15 is 0 Å². The molecule has 1 fully saturated rings. The van der Waals surface area contributed by atoms with E-state index in [4.69, 9.17) is 9.47 Å². The average molecular weight is 291 g/mol. The first-order valence-electron chi connectivity index (χ1n) is 7.58. The van der Waals surface area contributed by atoms with Crippen LogP contribution >= 0.6 is 0 Å². The standard InChI is InChI=1S/C17H25NO3/c1-17(9-4-5-10-17)16(19)18-11-8-13-12-14(20-2)6-7-15(13)21-3/h6-7,12H,4-5,8-11H2,1-3H3,(H,18,19). The van der Waals surface area contributed by atoms with Gasteiger partial charge in [0.2, 0.25) is 5.91 Å². The van der Waals surface area contributed by atoms with Gasteiger partial charge in [0.05, 0.1) is 14.2 Å². The summed E-state index contributed by atoms with van der Waals surface area (Å²) in [5.41, 5.74) is 0.882. The summed E-state index contributed by atoms with van der Waals surface area (Å²) < 4.78 is 10.6. The van der Waals surface area contributed by atoms with Crippen LogP contribution in [0.4, 0.5) is 0 Å². The van der Waals surface area contributed by atoms with Gasteiger partial charge in [-0.15, -0.1) is 0 Å². The van der Waals surface area contributed by atoms with Crippen molar-refractivity contribution in [1.82, 2.24) is 5.32 Å². The molecule has 1 aliphatic rings. The Morgan fingerprint density at radius 1 is 1.24 bits per heavy atom. The fourth-order valence-electron chi connectivity index (χ4n) is 2.98. The molecule has 0 aromatic heterocycles. The summed E-state index contributed by atoms with van der Waals surface area (Å²) in [4.78, 5) is 12.3. The predicted molar refractivity (Wildman–Crippen MR) is 82.8 cm³/mol. The molecule has 1 aromatic rings. The third-order valence-corrected chi connectivity index (χ3v) is 4.42. The van der Waals surface area contributed by atoms with Crippen molar-refractivity contribution in [3.8, 4) is 11.5 Å². The highest BCUT2D eigenvalue weighted by Gasteiger charge is 2.35. The molecule has 4 nitrogen and oxygen atoms in total. The van der Waals surface area contributed by atoms with Crippen LogP contribution in [-0.4, -0.2) is 26.7 Å². The van der Waals surface area contributed by atoms with E-state index in [-0.39, 0.29) is 11.3 Å². The molecular formula is C17H25NO3. The Hall–Kier alpha value is -1.71. The van der Waals surface area contributed by atoms with Gasteiger partial charge in [-0.05, 0) is 43.0 Å². The van der Waals surface area contributed by atoms with E-state index < -0.39 is 0 Å². The van der Waals surface area contributed by atoms with Crippen LogP contribution < -0.4 is 14.8 Å². The van der Waals surface area contributed by atoms with E-state index in [1.165, 1.54) is 0 Å². The maximum Gasteiger partial charge on any atom is 0.225 e. The molecule has 0 heterocycles. The van der Waals surface area contributed by atoms with Crippen molar-refractivity contribution < 1.29 is 14.3 Å². The van der Waals surface area contributed by atoms with Crippen molar-refractivity contribution in [2.75, 3.05) is 20.8 Å². The van der Waals surface area contributed by atoms with Gasteiger partial charge in [0.15, 0.2) is 0 Å². The molecule has 1 amide bonds. The second kappa shape index (κ2) is 6.83. The quantitative estimate of drug-likeness (QED) is 0.876. The zero-order chi connectivity index (χ0) is 15.3. The fourth-order valence-corrected chi connectivity index (χ4v) is 2.98. The van der Waals surface area contributed by atoms with Gasteiger partial charge < -0.3 is 14.8 Å². The number of carbonyl (C=O) groups excluding carboxylic acids is 1. The average Bonchev–Trinajstić information content (AvgIpc) is 2.95. The van der Waals surface area contributed by atoms with Crippen molar-refractivity contribution in [3.63, 3.8) is 0 Å². The molecule has 4 heteroatoms. The molecule has 0 bridgehead atoms. The van der Waals surface area contributed by atoms with Crippen molar-refractivity contribution in [1.29, 1.82) is 0 Å². The minimum atomic E-state index is -0.168. The molecule has 0 unspecified atom stereocenters. The Bertz CT molecular complexity index is 493. The van der Waals surface area contributed by atoms with Gasteiger partial charge in [-0.25, -0.2) is 0 Å². The number of rotatable bonds is 6. The number of amides is 1. The van der Waals surface area contributed by atoms with E-state index in [0.29, 0.717) is 6.54 Å². The smallest absolute Gasteiger partial charge is 0.225 e.